The van der Waals surface area contributed by atoms with E-state index in [0.717, 1.165) is 27.5 Å². The predicted octanol–water partition coefficient (Wildman–Crippen LogP) is 3.75. The SMILES string of the molecule is COc1ccc2c(c1)/C(=C\c1s/c(=N\c3nccs3)n(C)c1O)C=N2. The van der Waals surface area contributed by atoms with Gasteiger partial charge in [-0.15, -0.1) is 11.3 Å². The number of ether oxygens (including phenoxy) is 1. The largest absolute Gasteiger partial charge is 0.497 e. The highest BCUT2D eigenvalue weighted by atomic mass is 32.1. The van der Waals surface area contributed by atoms with E-state index in [2.05, 4.69) is 15.0 Å². The van der Waals surface area contributed by atoms with E-state index >= 15 is 0 Å². The molecule has 0 atom stereocenters. The summed E-state index contributed by atoms with van der Waals surface area (Å²) in [5.41, 5.74) is 2.79. The normalized spacial score (nSPS) is 15.1. The van der Waals surface area contributed by atoms with Crippen LogP contribution in [0.15, 0.2) is 39.8 Å². The van der Waals surface area contributed by atoms with Gasteiger partial charge in [0.2, 0.25) is 11.0 Å². The zero-order chi connectivity index (χ0) is 17.4. The van der Waals surface area contributed by atoms with Crippen LogP contribution in [0, 0.1) is 0 Å². The van der Waals surface area contributed by atoms with Gasteiger partial charge in [-0.1, -0.05) is 11.3 Å². The third-order valence-electron chi connectivity index (χ3n) is 3.78. The molecule has 1 aliphatic rings. The van der Waals surface area contributed by atoms with Gasteiger partial charge in [-0.05, 0) is 24.3 Å². The fourth-order valence-corrected chi connectivity index (χ4v) is 3.99. The Kier molecular flexibility index (Phi) is 3.98. The first-order valence-corrected chi connectivity index (χ1v) is 9.12. The maximum atomic E-state index is 10.4. The molecule has 126 valence electrons. The van der Waals surface area contributed by atoms with Crippen molar-refractivity contribution in [1.29, 1.82) is 0 Å². The zero-order valence-corrected chi connectivity index (χ0v) is 15.1. The van der Waals surface area contributed by atoms with Crippen molar-refractivity contribution in [3.63, 3.8) is 0 Å². The lowest BCUT2D eigenvalue weighted by molar-refractivity contribution is 0.415. The highest BCUT2D eigenvalue weighted by molar-refractivity contribution is 7.13. The van der Waals surface area contributed by atoms with Crippen molar-refractivity contribution >= 4 is 51.4 Å². The van der Waals surface area contributed by atoms with Crippen LogP contribution in [0.25, 0.3) is 11.6 Å². The summed E-state index contributed by atoms with van der Waals surface area (Å²) in [6, 6.07) is 5.75. The molecule has 1 N–H and O–H groups in total. The highest BCUT2D eigenvalue weighted by Gasteiger charge is 2.16. The lowest BCUT2D eigenvalue weighted by Crippen LogP contribution is -2.08. The summed E-state index contributed by atoms with van der Waals surface area (Å²) in [4.78, 5) is 14.4. The molecule has 8 heteroatoms. The molecule has 0 saturated heterocycles. The number of methoxy groups -OCH3 is 1. The second-order valence-electron chi connectivity index (χ2n) is 5.30. The molecule has 0 spiro atoms. The summed E-state index contributed by atoms with van der Waals surface area (Å²) in [6.07, 6.45) is 5.41. The van der Waals surface area contributed by atoms with E-state index in [-0.39, 0.29) is 5.88 Å². The van der Waals surface area contributed by atoms with E-state index in [4.69, 9.17) is 4.74 Å². The molecule has 0 fully saturated rings. The summed E-state index contributed by atoms with van der Waals surface area (Å²) >= 11 is 2.85. The average Bonchev–Trinajstić information content (AvgIpc) is 3.33. The number of aromatic hydroxyl groups is 1. The van der Waals surface area contributed by atoms with Crippen LogP contribution in [0.4, 0.5) is 10.8 Å². The van der Waals surface area contributed by atoms with Crippen molar-refractivity contribution in [2.75, 3.05) is 7.11 Å². The molecule has 1 aliphatic heterocycles. The average molecular weight is 370 g/mol. The molecule has 3 aromatic rings. The van der Waals surface area contributed by atoms with Crippen LogP contribution < -0.4 is 9.54 Å². The topological polar surface area (TPSA) is 72.0 Å². The van der Waals surface area contributed by atoms with Gasteiger partial charge < -0.3 is 9.84 Å². The Hall–Kier alpha value is -2.71. The maximum absolute atomic E-state index is 10.4. The Bertz CT molecular complexity index is 1060. The first-order chi connectivity index (χ1) is 12.2. The summed E-state index contributed by atoms with van der Waals surface area (Å²) in [5, 5.41) is 13.0. The smallest absolute Gasteiger partial charge is 0.211 e. The van der Waals surface area contributed by atoms with Gasteiger partial charge in [0, 0.05) is 36.0 Å². The molecular formula is C17H14N4O2S2. The molecule has 0 unspecified atom stereocenters. The van der Waals surface area contributed by atoms with Gasteiger partial charge in [0.05, 0.1) is 17.7 Å². The fraction of sp³-hybridized carbons (Fsp3) is 0.118. The van der Waals surface area contributed by atoms with Crippen molar-refractivity contribution in [3.05, 3.63) is 45.0 Å². The van der Waals surface area contributed by atoms with Crippen molar-refractivity contribution in [2.45, 2.75) is 0 Å². The lowest BCUT2D eigenvalue weighted by atomic mass is 10.1. The van der Waals surface area contributed by atoms with E-state index in [0.29, 0.717) is 9.93 Å². The second-order valence-corrected chi connectivity index (χ2v) is 7.18. The summed E-state index contributed by atoms with van der Waals surface area (Å²) in [5.74, 6) is 0.938. The molecule has 6 nitrogen and oxygen atoms in total. The molecule has 3 heterocycles. The van der Waals surface area contributed by atoms with Crippen LogP contribution in [0.1, 0.15) is 10.4 Å². The standard InChI is InChI=1S/C17H14N4O2S2/c1-21-15(22)14(25-17(21)20-16-18-5-6-24-16)7-10-9-19-13-4-3-11(23-2)8-12(10)13/h3-9,22H,1-2H3/b10-7-,20-17-. The first-order valence-electron chi connectivity index (χ1n) is 7.43. The van der Waals surface area contributed by atoms with E-state index in [1.54, 1.807) is 31.1 Å². The third kappa shape index (κ3) is 2.90. The number of hydrogen-bond donors (Lipinski definition) is 1. The Balaban J connectivity index is 1.78. The van der Waals surface area contributed by atoms with Crippen LogP contribution in [-0.2, 0) is 7.05 Å². The minimum Gasteiger partial charge on any atom is -0.497 e. The Morgan fingerprint density at radius 1 is 1.36 bits per heavy atom. The van der Waals surface area contributed by atoms with Crippen LogP contribution >= 0.6 is 22.7 Å². The van der Waals surface area contributed by atoms with Gasteiger partial charge >= 0.3 is 0 Å². The fourth-order valence-electron chi connectivity index (χ4n) is 2.46. The van der Waals surface area contributed by atoms with Gasteiger partial charge in [-0.2, -0.15) is 4.99 Å². The molecule has 2 aromatic heterocycles. The molecule has 0 bridgehead atoms. The van der Waals surface area contributed by atoms with Gasteiger partial charge in [0.1, 0.15) is 5.75 Å². The number of aliphatic imine (C=N–C) groups is 1. The van der Waals surface area contributed by atoms with Gasteiger partial charge in [0.25, 0.3) is 0 Å². The van der Waals surface area contributed by atoms with Crippen molar-refractivity contribution in [3.8, 4) is 11.6 Å². The van der Waals surface area contributed by atoms with Crippen molar-refractivity contribution in [2.24, 2.45) is 17.0 Å². The quantitative estimate of drug-likeness (QED) is 0.763. The molecule has 0 aliphatic carbocycles. The molecule has 0 radical (unpaired) electrons. The van der Waals surface area contributed by atoms with Crippen LogP contribution in [0.3, 0.4) is 0 Å². The number of hydrogen-bond acceptors (Lipinski definition) is 7. The highest BCUT2D eigenvalue weighted by Crippen LogP contribution is 2.36. The van der Waals surface area contributed by atoms with Crippen molar-refractivity contribution in [1.82, 2.24) is 9.55 Å². The van der Waals surface area contributed by atoms with Crippen LogP contribution in [0.2, 0.25) is 0 Å². The number of allylic oxidation sites excluding steroid dienone is 1. The number of rotatable bonds is 3. The van der Waals surface area contributed by atoms with E-state index < -0.39 is 0 Å². The lowest BCUT2D eigenvalue weighted by Gasteiger charge is -2.03. The van der Waals surface area contributed by atoms with E-state index in [1.165, 1.54) is 22.7 Å². The van der Waals surface area contributed by atoms with E-state index in [9.17, 15) is 5.11 Å². The molecule has 25 heavy (non-hydrogen) atoms. The minimum absolute atomic E-state index is 0.164. The van der Waals surface area contributed by atoms with E-state index in [1.807, 2.05) is 29.7 Å². The molecule has 0 saturated carbocycles. The zero-order valence-electron chi connectivity index (χ0n) is 13.5. The van der Waals surface area contributed by atoms with Gasteiger partial charge in [-0.25, -0.2) is 4.98 Å². The molecule has 4 rings (SSSR count). The number of aromatic nitrogens is 2. The Morgan fingerprint density at radius 2 is 2.24 bits per heavy atom. The minimum atomic E-state index is 0.164. The number of nitrogens with zero attached hydrogens (tertiary/aromatic N) is 4. The number of benzene rings is 1. The number of fused-ring (bicyclic) bond motifs is 1. The Labute approximate surface area is 151 Å². The summed E-state index contributed by atoms with van der Waals surface area (Å²) in [7, 11) is 3.42. The monoisotopic (exact) mass is 370 g/mol. The predicted molar refractivity (Wildman–Crippen MR) is 101 cm³/mol. The first kappa shape index (κ1) is 15.8. The summed E-state index contributed by atoms with van der Waals surface area (Å²) < 4.78 is 6.94. The van der Waals surface area contributed by atoms with Crippen molar-refractivity contribution < 1.29 is 9.84 Å². The van der Waals surface area contributed by atoms with Crippen LogP contribution in [0.5, 0.6) is 11.6 Å². The third-order valence-corrected chi connectivity index (χ3v) is 5.51. The second kappa shape index (κ2) is 6.30. The van der Waals surface area contributed by atoms with Crippen LogP contribution in [-0.4, -0.2) is 28.0 Å². The molecule has 0 amide bonds. The molecular weight excluding hydrogens is 356 g/mol. The van der Waals surface area contributed by atoms with Gasteiger partial charge in [-0.3, -0.25) is 9.56 Å². The van der Waals surface area contributed by atoms with Gasteiger partial charge in [0.15, 0.2) is 4.80 Å². The maximum Gasteiger partial charge on any atom is 0.211 e. The number of thiazole rings is 2. The Morgan fingerprint density at radius 3 is 3.00 bits per heavy atom. The summed E-state index contributed by atoms with van der Waals surface area (Å²) in [6.45, 7) is 0. The molecule has 1 aromatic carbocycles.